The molecule has 1 aromatic heterocycles. The van der Waals surface area contributed by atoms with Crippen LogP contribution in [0.15, 0.2) is 22.7 Å². The summed E-state index contributed by atoms with van der Waals surface area (Å²) in [4.78, 5) is 28.2. The number of halogens is 1. The molecule has 8 heteroatoms. The van der Waals surface area contributed by atoms with E-state index in [4.69, 9.17) is 16.1 Å². The number of benzene rings is 1. The second-order valence-electron chi connectivity index (χ2n) is 6.46. The van der Waals surface area contributed by atoms with Crippen molar-refractivity contribution in [2.75, 3.05) is 11.9 Å². The van der Waals surface area contributed by atoms with Crippen molar-refractivity contribution in [3.8, 4) is 0 Å². The van der Waals surface area contributed by atoms with E-state index in [9.17, 15) is 9.59 Å². The number of amides is 2. The highest BCUT2D eigenvalue weighted by atomic mass is 35.5. The molecular weight excluding hydrogens is 356 g/mol. The molecule has 0 spiro atoms. The van der Waals surface area contributed by atoms with Gasteiger partial charge in [-0.2, -0.15) is 4.98 Å². The Morgan fingerprint density at radius 2 is 2.12 bits per heavy atom. The number of rotatable bonds is 7. The van der Waals surface area contributed by atoms with E-state index in [2.05, 4.69) is 20.8 Å². The third kappa shape index (κ3) is 4.82. The number of anilines is 1. The standard InChI is InChI=1S/C18H21ClN4O3/c1-11-5-6-13(19)9-14(11)21-17(25)10-16(24)20-8-7-15-22-18(26-23-15)12-3-2-4-12/h5-6,9,12H,2-4,7-8,10H2,1H3,(H,20,24)(H,21,25). The zero-order chi connectivity index (χ0) is 18.5. The lowest BCUT2D eigenvalue weighted by atomic mass is 9.85. The molecule has 26 heavy (non-hydrogen) atoms. The Hall–Kier alpha value is -2.41. The van der Waals surface area contributed by atoms with Crippen molar-refractivity contribution in [1.82, 2.24) is 15.5 Å². The molecular formula is C18H21ClN4O3. The first-order valence-corrected chi connectivity index (χ1v) is 9.04. The molecule has 1 aromatic carbocycles. The van der Waals surface area contributed by atoms with Crippen molar-refractivity contribution >= 4 is 29.1 Å². The lowest BCUT2D eigenvalue weighted by Gasteiger charge is -2.20. The van der Waals surface area contributed by atoms with Crippen molar-refractivity contribution in [3.63, 3.8) is 0 Å². The van der Waals surface area contributed by atoms with Crippen LogP contribution in [0.5, 0.6) is 0 Å². The maximum atomic E-state index is 12.0. The van der Waals surface area contributed by atoms with E-state index >= 15 is 0 Å². The van der Waals surface area contributed by atoms with Gasteiger partial charge in [-0.3, -0.25) is 9.59 Å². The van der Waals surface area contributed by atoms with Gasteiger partial charge in [-0.05, 0) is 37.5 Å². The van der Waals surface area contributed by atoms with Crippen molar-refractivity contribution in [2.45, 2.75) is 44.9 Å². The Bertz CT molecular complexity index is 801. The summed E-state index contributed by atoms with van der Waals surface area (Å²) in [7, 11) is 0. The van der Waals surface area contributed by atoms with E-state index in [0.717, 1.165) is 18.4 Å². The molecule has 1 aliphatic rings. The van der Waals surface area contributed by atoms with E-state index in [1.165, 1.54) is 6.42 Å². The van der Waals surface area contributed by atoms with Crippen LogP contribution in [-0.2, 0) is 16.0 Å². The van der Waals surface area contributed by atoms with Gasteiger partial charge >= 0.3 is 0 Å². The highest BCUT2D eigenvalue weighted by Gasteiger charge is 2.25. The van der Waals surface area contributed by atoms with Crippen LogP contribution in [0.2, 0.25) is 5.02 Å². The topological polar surface area (TPSA) is 97.1 Å². The highest BCUT2D eigenvalue weighted by Crippen LogP contribution is 2.35. The third-order valence-corrected chi connectivity index (χ3v) is 4.64. The summed E-state index contributed by atoms with van der Waals surface area (Å²) in [6.45, 7) is 2.21. The summed E-state index contributed by atoms with van der Waals surface area (Å²) in [5.41, 5.74) is 1.48. The van der Waals surface area contributed by atoms with E-state index in [-0.39, 0.29) is 18.2 Å². The Labute approximate surface area is 156 Å². The number of carbonyl (C=O) groups is 2. The van der Waals surface area contributed by atoms with Crippen molar-refractivity contribution in [2.24, 2.45) is 0 Å². The van der Waals surface area contributed by atoms with Gasteiger partial charge in [0.25, 0.3) is 0 Å². The lowest BCUT2D eigenvalue weighted by Crippen LogP contribution is -2.30. The summed E-state index contributed by atoms with van der Waals surface area (Å²) in [6.07, 6.45) is 3.61. The molecule has 3 rings (SSSR count). The normalized spacial score (nSPS) is 13.9. The van der Waals surface area contributed by atoms with Gasteiger partial charge in [-0.25, -0.2) is 0 Å². The molecule has 1 aliphatic carbocycles. The van der Waals surface area contributed by atoms with Crippen LogP contribution >= 0.6 is 11.6 Å². The first-order valence-electron chi connectivity index (χ1n) is 8.66. The Balaban J connectivity index is 1.40. The van der Waals surface area contributed by atoms with Crippen LogP contribution in [0.3, 0.4) is 0 Å². The van der Waals surface area contributed by atoms with Crippen LogP contribution in [0, 0.1) is 6.92 Å². The molecule has 0 unspecified atom stereocenters. The number of aryl methyl sites for hydroxylation is 1. The fourth-order valence-corrected chi connectivity index (χ4v) is 2.81. The maximum Gasteiger partial charge on any atom is 0.233 e. The summed E-state index contributed by atoms with van der Waals surface area (Å²) in [5.74, 6) is 0.911. The Kier molecular flexibility index (Phi) is 5.88. The first-order chi connectivity index (χ1) is 12.5. The van der Waals surface area contributed by atoms with Crippen LogP contribution in [-0.4, -0.2) is 28.5 Å². The molecule has 7 nitrogen and oxygen atoms in total. The van der Waals surface area contributed by atoms with E-state index < -0.39 is 0 Å². The van der Waals surface area contributed by atoms with Crippen molar-refractivity contribution < 1.29 is 14.1 Å². The minimum atomic E-state index is -0.389. The molecule has 2 amide bonds. The lowest BCUT2D eigenvalue weighted by molar-refractivity contribution is -0.126. The van der Waals surface area contributed by atoms with Crippen LogP contribution < -0.4 is 10.6 Å². The zero-order valence-electron chi connectivity index (χ0n) is 14.5. The summed E-state index contributed by atoms with van der Waals surface area (Å²) in [5, 5.41) is 9.83. The number of hydrogen-bond acceptors (Lipinski definition) is 5. The second kappa shape index (κ2) is 8.31. The van der Waals surface area contributed by atoms with Gasteiger partial charge in [0.2, 0.25) is 17.7 Å². The van der Waals surface area contributed by atoms with E-state index in [1.54, 1.807) is 18.2 Å². The predicted octanol–water partition coefficient (Wildman–Crippen LogP) is 2.99. The molecule has 138 valence electrons. The zero-order valence-corrected chi connectivity index (χ0v) is 15.3. The number of aromatic nitrogens is 2. The Morgan fingerprint density at radius 1 is 1.31 bits per heavy atom. The number of carbonyl (C=O) groups excluding carboxylic acids is 2. The number of hydrogen-bond donors (Lipinski definition) is 2. The largest absolute Gasteiger partial charge is 0.355 e. The number of nitrogens with one attached hydrogen (secondary N) is 2. The van der Waals surface area contributed by atoms with Gasteiger partial charge in [0, 0.05) is 29.6 Å². The monoisotopic (exact) mass is 376 g/mol. The minimum absolute atomic E-state index is 0.258. The maximum absolute atomic E-state index is 12.0. The molecule has 2 N–H and O–H groups in total. The van der Waals surface area contributed by atoms with Gasteiger partial charge in [0.05, 0.1) is 0 Å². The van der Waals surface area contributed by atoms with Crippen molar-refractivity contribution in [3.05, 3.63) is 40.5 Å². The van der Waals surface area contributed by atoms with Crippen molar-refractivity contribution in [1.29, 1.82) is 0 Å². The van der Waals surface area contributed by atoms with Gasteiger partial charge in [-0.15, -0.1) is 0 Å². The molecule has 0 bridgehead atoms. The molecule has 1 saturated carbocycles. The molecule has 1 heterocycles. The van der Waals surface area contributed by atoms with Gasteiger partial charge in [0.15, 0.2) is 5.82 Å². The molecule has 0 atom stereocenters. The van der Waals surface area contributed by atoms with E-state index in [0.29, 0.717) is 41.3 Å². The smallest absolute Gasteiger partial charge is 0.233 e. The predicted molar refractivity (Wildman–Crippen MR) is 97.0 cm³/mol. The third-order valence-electron chi connectivity index (χ3n) is 4.40. The quantitative estimate of drug-likeness (QED) is 0.724. The number of nitrogens with zero attached hydrogens (tertiary/aromatic N) is 2. The van der Waals surface area contributed by atoms with Gasteiger partial charge < -0.3 is 15.2 Å². The Morgan fingerprint density at radius 3 is 2.85 bits per heavy atom. The molecule has 1 fully saturated rings. The average Bonchev–Trinajstić information content (AvgIpc) is 2.97. The molecule has 2 aromatic rings. The van der Waals surface area contributed by atoms with Crippen LogP contribution in [0.4, 0.5) is 5.69 Å². The van der Waals surface area contributed by atoms with E-state index in [1.807, 2.05) is 6.92 Å². The first kappa shape index (κ1) is 18.4. The second-order valence-corrected chi connectivity index (χ2v) is 6.90. The minimum Gasteiger partial charge on any atom is -0.355 e. The fourth-order valence-electron chi connectivity index (χ4n) is 2.64. The van der Waals surface area contributed by atoms with Gasteiger partial charge in [0.1, 0.15) is 6.42 Å². The SMILES string of the molecule is Cc1ccc(Cl)cc1NC(=O)CC(=O)NCCc1noc(C2CCC2)n1. The fraction of sp³-hybridized carbons (Fsp3) is 0.444. The molecule has 0 radical (unpaired) electrons. The summed E-state index contributed by atoms with van der Waals surface area (Å²) >= 11 is 5.92. The van der Waals surface area contributed by atoms with Crippen LogP contribution in [0.1, 0.15) is 48.9 Å². The van der Waals surface area contributed by atoms with Gasteiger partial charge in [-0.1, -0.05) is 29.2 Å². The average molecular weight is 377 g/mol. The summed E-state index contributed by atoms with van der Waals surface area (Å²) < 4.78 is 5.23. The molecule has 0 saturated heterocycles. The summed E-state index contributed by atoms with van der Waals surface area (Å²) in [6, 6.07) is 5.21. The highest BCUT2D eigenvalue weighted by molar-refractivity contribution is 6.31. The van der Waals surface area contributed by atoms with Crippen LogP contribution in [0.25, 0.3) is 0 Å². The molecule has 0 aliphatic heterocycles.